The van der Waals surface area contributed by atoms with Crippen LogP contribution in [0.25, 0.3) is 0 Å². The van der Waals surface area contributed by atoms with Gasteiger partial charge in [-0.2, -0.15) is 0 Å². The van der Waals surface area contributed by atoms with Crippen molar-refractivity contribution in [2.24, 2.45) is 5.73 Å². The number of anilines is 1. The summed E-state index contributed by atoms with van der Waals surface area (Å²) in [5.41, 5.74) is 7.22. The summed E-state index contributed by atoms with van der Waals surface area (Å²) < 4.78 is 5.51. The summed E-state index contributed by atoms with van der Waals surface area (Å²) in [6.45, 7) is 2.82. The van der Waals surface area contributed by atoms with Crippen molar-refractivity contribution in [2.45, 2.75) is 31.9 Å². The van der Waals surface area contributed by atoms with E-state index in [4.69, 9.17) is 22.7 Å². The van der Waals surface area contributed by atoms with E-state index in [9.17, 15) is 0 Å². The molecule has 0 spiro atoms. The summed E-state index contributed by atoms with van der Waals surface area (Å²) in [5, 5.41) is 3.43. The average Bonchev–Trinajstić information content (AvgIpc) is 2.27. The van der Waals surface area contributed by atoms with Gasteiger partial charge in [0.25, 0.3) is 0 Å². The summed E-state index contributed by atoms with van der Waals surface area (Å²) in [6, 6.07) is 4.29. The van der Waals surface area contributed by atoms with Gasteiger partial charge < -0.3 is 15.8 Å². The van der Waals surface area contributed by atoms with Gasteiger partial charge in [0.1, 0.15) is 4.99 Å². The minimum absolute atomic E-state index is 0.328. The summed E-state index contributed by atoms with van der Waals surface area (Å²) in [5.74, 6) is 0. The van der Waals surface area contributed by atoms with Gasteiger partial charge in [-0.25, -0.2) is 0 Å². The van der Waals surface area contributed by atoms with E-state index < -0.39 is 0 Å². The Labute approximate surface area is 107 Å². The first kappa shape index (κ1) is 12.3. The van der Waals surface area contributed by atoms with Crippen molar-refractivity contribution < 1.29 is 4.74 Å². The number of hydrogen-bond donors (Lipinski definition) is 2. The number of thiocarbonyl (C=S) groups is 1. The Morgan fingerprint density at radius 2 is 2.41 bits per heavy atom. The molecule has 2 rings (SSSR count). The van der Waals surface area contributed by atoms with Crippen LogP contribution in [0, 0.1) is 0 Å². The molecule has 1 aromatic rings. The van der Waals surface area contributed by atoms with Gasteiger partial charge in [0, 0.05) is 24.5 Å². The Morgan fingerprint density at radius 1 is 1.65 bits per heavy atom. The summed E-state index contributed by atoms with van der Waals surface area (Å²) in [7, 11) is 0. The normalized spacial score (nSPS) is 22.9. The molecule has 0 radical (unpaired) electrons. The standard InChI is InChI=1S/C12H17N3OS/c1-2-16-10-5-9(6-10)15-8-3-4-14-11(7-8)12(13)17/h3-4,7,9-10H,2,5-6H2,1H3,(H2,13,17)(H,14,15). The Hall–Kier alpha value is -1.20. The Kier molecular flexibility index (Phi) is 3.91. The molecule has 3 N–H and O–H groups in total. The zero-order valence-corrected chi connectivity index (χ0v) is 10.7. The quantitative estimate of drug-likeness (QED) is 0.780. The SMILES string of the molecule is CCOC1CC(Nc2ccnc(C(N)=S)c2)C1. The molecule has 1 heterocycles. The fraction of sp³-hybridized carbons (Fsp3) is 0.500. The summed E-state index contributed by atoms with van der Waals surface area (Å²) in [6.07, 6.45) is 4.24. The monoisotopic (exact) mass is 251 g/mol. The maximum Gasteiger partial charge on any atom is 0.122 e. The number of hydrogen-bond acceptors (Lipinski definition) is 4. The van der Waals surface area contributed by atoms with E-state index in [0.29, 0.717) is 22.8 Å². The zero-order chi connectivity index (χ0) is 12.3. The van der Waals surface area contributed by atoms with Crippen molar-refractivity contribution in [3.63, 3.8) is 0 Å². The number of pyridine rings is 1. The first-order valence-electron chi connectivity index (χ1n) is 5.83. The van der Waals surface area contributed by atoms with E-state index >= 15 is 0 Å². The van der Waals surface area contributed by atoms with Crippen molar-refractivity contribution in [1.29, 1.82) is 0 Å². The predicted molar refractivity (Wildman–Crippen MR) is 72.2 cm³/mol. The van der Waals surface area contributed by atoms with Gasteiger partial charge in [0.15, 0.2) is 0 Å². The number of nitrogens with two attached hydrogens (primary N) is 1. The highest BCUT2D eigenvalue weighted by atomic mass is 32.1. The van der Waals surface area contributed by atoms with Crippen molar-refractivity contribution in [3.05, 3.63) is 24.0 Å². The molecule has 1 fully saturated rings. The highest BCUT2D eigenvalue weighted by molar-refractivity contribution is 7.80. The number of rotatable bonds is 5. The van der Waals surface area contributed by atoms with E-state index in [0.717, 1.165) is 25.1 Å². The van der Waals surface area contributed by atoms with Crippen molar-refractivity contribution in [1.82, 2.24) is 4.98 Å². The number of nitrogens with zero attached hydrogens (tertiary/aromatic N) is 1. The maximum atomic E-state index is 5.54. The van der Waals surface area contributed by atoms with Gasteiger partial charge in [-0.15, -0.1) is 0 Å². The van der Waals surface area contributed by atoms with Gasteiger partial charge in [-0.1, -0.05) is 12.2 Å². The van der Waals surface area contributed by atoms with Crippen molar-refractivity contribution in [3.8, 4) is 0 Å². The van der Waals surface area contributed by atoms with Gasteiger partial charge in [0.2, 0.25) is 0 Å². The lowest BCUT2D eigenvalue weighted by atomic mass is 9.89. The fourth-order valence-electron chi connectivity index (χ4n) is 1.95. The van der Waals surface area contributed by atoms with Crippen LogP contribution in [-0.4, -0.2) is 28.7 Å². The smallest absolute Gasteiger partial charge is 0.122 e. The fourth-order valence-corrected chi connectivity index (χ4v) is 2.06. The van der Waals surface area contributed by atoms with Crippen LogP contribution < -0.4 is 11.1 Å². The number of aromatic nitrogens is 1. The second kappa shape index (κ2) is 5.42. The third-order valence-corrected chi connectivity index (χ3v) is 3.09. The van der Waals surface area contributed by atoms with Crippen molar-refractivity contribution >= 4 is 22.9 Å². The molecule has 0 aliphatic heterocycles. The first-order chi connectivity index (χ1) is 8.19. The van der Waals surface area contributed by atoms with Crippen LogP contribution >= 0.6 is 12.2 Å². The molecule has 0 saturated heterocycles. The molecule has 1 aromatic heterocycles. The van der Waals surface area contributed by atoms with E-state index in [1.54, 1.807) is 6.20 Å². The highest BCUT2D eigenvalue weighted by Crippen LogP contribution is 2.26. The molecule has 0 bridgehead atoms. The largest absolute Gasteiger partial charge is 0.388 e. The van der Waals surface area contributed by atoms with E-state index in [-0.39, 0.29) is 0 Å². The van der Waals surface area contributed by atoms with Crippen LogP contribution in [0.5, 0.6) is 0 Å². The van der Waals surface area contributed by atoms with Crippen molar-refractivity contribution in [2.75, 3.05) is 11.9 Å². The van der Waals surface area contributed by atoms with Crippen LogP contribution in [0.15, 0.2) is 18.3 Å². The van der Waals surface area contributed by atoms with Gasteiger partial charge >= 0.3 is 0 Å². The molecular formula is C12H17N3OS. The molecule has 1 saturated carbocycles. The second-order valence-corrected chi connectivity index (χ2v) is 4.62. The zero-order valence-electron chi connectivity index (χ0n) is 9.85. The molecule has 92 valence electrons. The number of nitrogens with one attached hydrogen (secondary N) is 1. The third kappa shape index (κ3) is 3.14. The predicted octanol–water partition coefficient (Wildman–Crippen LogP) is 1.70. The van der Waals surface area contributed by atoms with Gasteiger partial charge in [-0.05, 0) is 31.9 Å². The third-order valence-electron chi connectivity index (χ3n) is 2.88. The molecule has 17 heavy (non-hydrogen) atoms. The molecule has 0 amide bonds. The Bertz CT molecular complexity index is 404. The van der Waals surface area contributed by atoms with E-state index in [1.807, 2.05) is 19.1 Å². The molecule has 4 nitrogen and oxygen atoms in total. The molecule has 1 aliphatic rings. The molecule has 0 unspecified atom stereocenters. The molecule has 5 heteroatoms. The molecule has 0 aromatic carbocycles. The minimum atomic E-state index is 0.328. The second-order valence-electron chi connectivity index (χ2n) is 4.18. The summed E-state index contributed by atoms with van der Waals surface area (Å²) in [4.78, 5) is 4.43. The van der Waals surface area contributed by atoms with Gasteiger partial charge in [0.05, 0.1) is 11.8 Å². The average molecular weight is 251 g/mol. The van der Waals surface area contributed by atoms with Crippen LogP contribution in [0.4, 0.5) is 5.69 Å². The van der Waals surface area contributed by atoms with E-state index in [1.165, 1.54) is 0 Å². The Morgan fingerprint density at radius 3 is 3.06 bits per heavy atom. The topological polar surface area (TPSA) is 60.2 Å². The lowest BCUT2D eigenvalue weighted by molar-refractivity contribution is 0.00299. The lowest BCUT2D eigenvalue weighted by Crippen LogP contribution is -2.40. The van der Waals surface area contributed by atoms with Crippen LogP contribution in [0.2, 0.25) is 0 Å². The molecular weight excluding hydrogens is 234 g/mol. The summed E-state index contributed by atoms with van der Waals surface area (Å²) >= 11 is 4.90. The molecule has 1 aliphatic carbocycles. The lowest BCUT2D eigenvalue weighted by Gasteiger charge is -2.36. The van der Waals surface area contributed by atoms with Crippen LogP contribution in [-0.2, 0) is 4.74 Å². The highest BCUT2D eigenvalue weighted by Gasteiger charge is 2.29. The van der Waals surface area contributed by atoms with Crippen LogP contribution in [0.3, 0.4) is 0 Å². The van der Waals surface area contributed by atoms with Crippen LogP contribution in [0.1, 0.15) is 25.5 Å². The molecule has 0 atom stereocenters. The number of ether oxygens (including phenoxy) is 1. The minimum Gasteiger partial charge on any atom is -0.388 e. The van der Waals surface area contributed by atoms with Gasteiger partial charge in [-0.3, -0.25) is 4.98 Å². The maximum absolute atomic E-state index is 5.54. The van der Waals surface area contributed by atoms with E-state index in [2.05, 4.69) is 10.3 Å². The first-order valence-corrected chi connectivity index (χ1v) is 6.24. The Balaban J connectivity index is 1.88.